The maximum Gasteiger partial charge on any atom is 0.223 e. The lowest BCUT2D eigenvalue weighted by Gasteiger charge is -2.25. The number of carbonyl (C=O) groups excluding carboxylic acids is 1. The van der Waals surface area contributed by atoms with Gasteiger partial charge in [0.2, 0.25) is 5.91 Å². The van der Waals surface area contributed by atoms with Crippen LogP contribution in [0, 0.1) is 5.92 Å². The van der Waals surface area contributed by atoms with E-state index in [1.807, 2.05) is 37.3 Å². The van der Waals surface area contributed by atoms with Gasteiger partial charge in [-0.1, -0.05) is 24.6 Å². The van der Waals surface area contributed by atoms with E-state index >= 15 is 0 Å². The van der Waals surface area contributed by atoms with Crippen LogP contribution in [0.5, 0.6) is 0 Å². The molecule has 1 fully saturated rings. The van der Waals surface area contributed by atoms with Crippen molar-refractivity contribution in [3.63, 3.8) is 0 Å². The Morgan fingerprint density at radius 1 is 1.39 bits per heavy atom. The third-order valence-electron chi connectivity index (χ3n) is 3.71. The van der Waals surface area contributed by atoms with Crippen molar-refractivity contribution in [1.82, 2.24) is 5.32 Å². The van der Waals surface area contributed by atoms with Gasteiger partial charge in [0.15, 0.2) is 0 Å². The van der Waals surface area contributed by atoms with Crippen LogP contribution >= 0.6 is 0 Å². The lowest BCUT2D eigenvalue weighted by Crippen LogP contribution is -2.35. The van der Waals surface area contributed by atoms with Gasteiger partial charge >= 0.3 is 0 Å². The Labute approximate surface area is 106 Å². The fourth-order valence-corrected chi connectivity index (χ4v) is 2.29. The van der Waals surface area contributed by atoms with Crippen LogP contribution in [-0.2, 0) is 4.79 Å². The number of rotatable bonds is 3. The Balaban J connectivity index is 1.74. The van der Waals surface area contributed by atoms with Crippen molar-refractivity contribution < 1.29 is 9.21 Å². The minimum Gasteiger partial charge on any atom is -0.459 e. The molecule has 3 nitrogen and oxygen atoms in total. The Morgan fingerprint density at radius 3 is 2.83 bits per heavy atom. The molecule has 1 aromatic carbocycles. The second kappa shape index (κ2) is 4.48. The number of amides is 1. The molecule has 1 aromatic heterocycles. The molecule has 1 N–H and O–H groups in total. The molecule has 0 saturated heterocycles. The second-order valence-electron chi connectivity index (χ2n) is 5.04. The average Bonchev–Trinajstić information content (AvgIpc) is 2.69. The van der Waals surface area contributed by atoms with E-state index < -0.39 is 0 Å². The lowest BCUT2D eigenvalue weighted by molar-refractivity contribution is -0.128. The third-order valence-corrected chi connectivity index (χ3v) is 3.71. The molecule has 1 aliphatic rings. The summed E-state index contributed by atoms with van der Waals surface area (Å²) in [6.45, 7) is 1.97. The maximum absolute atomic E-state index is 11.9. The van der Waals surface area contributed by atoms with E-state index in [4.69, 9.17) is 4.42 Å². The number of nitrogens with one attached hydrogen (secondary N) is 1. The molecule has 0 radical (unpaired) electrons. The molecule has 1 aliphatic carbocycles. The van der Waals surface area contributed by atoms with Gasteiger partial charge in [0.25, 0.3) is 0 Å². The van der Waals surface area contributed by atoms with Crippen LogP contribution < -0.4 is 5.32 Å². The molecule has 18 heavy (non-hydrogen) atoms. The van der Waals surface area contributed by atoms with Gasteiger partial charge in [-0.05, 0) is 31.9 Å². The Bertz CT molecular complexity index is 536. The van der Waals surface area contributed by atoms with Gasteiger partial charge in [-0.25, -0.2) is 0 Å². The van der Waals surface area contributed by atoms with E-state index in [1.54, 1.807) is 0 Å². The molecular weight excluding hydrogens is 226 g/mol. The summed E-state index contributed by atoms with van der Waals surface area (Å²) in [6.07, 6.45) is 3.23. The van der Waals surface area contributed by atoms with E-state index in [1.165, 1.54) is 6.42 Å². The zero-order valence-corrected chi connectivity index (χ0v) is 10.5. The molecule has 94 valence electrons. The van der Waals surface area contributed by atoms with E-state index in [2.05, 4.69) is 5.32 Å². The highest BCUT2D eigenvalue weighted by Gasteiger charge is 2.26. The van der Waals surface area contributed by atoms with Crippen molar-refractivity contribution in [2.45, 2.75) is 32.2 Å². The molecule has 3 rings (SSSR count). The fourth-order valence-electron chi connectivity index (χ4n) is 2.29. The topological polar surface area (TPSA) is 42.2 Å². The highest BCUT2D eigenvalue weighted by atomic mass is 16.3. The van der Waals surface area contributed by atoms with Crippen molar-refractivity contribution in [1.29, 1.82) is 0 Å². The van der Waals surface area contributed by atoms with Gasteiger partial charge in [0, 0.05) is 11.3 Å². The molecule has 1 atom stereocenters. The fraction of sp³-hybridized carbons (Fsp3) is 0.400. The van der Waals surface area contributed by atoms with E-state index in [0.717, 1.165) is 29.6 Å². The van der Waals surface area contributed by atoms with Crippen molar-refractivity contribution in [3.8, 4) is 0 Å². The first-order valence-corrected chi connectivity index (χ1v) is 6.53. The molecule has 1 saturated carbocycles. The molecule has 0 unspecified atom stereocenters. The number of fused-ring (bicyclic) bond motifs is 1. The van der Waals surface area contributed by atoms with Crippen LogP contribution in [-0.4, -0.2) is 5.91 Å². The smallest absolute Gasteiger partial charge is 0.223 e. The number of furan rings is 1. The number of para-hydroxylation sites is 1. The second-order valence-corrected chi connectivity index (χ2v) is 5.04. The minimum atomic E-state index is -0.0644. The summed E-state index contributed by atoms with van der Waals surface area (Å²) in [4.78, 5) is 11.9. The monoisotopic (exact) mass is 243 g/mol. The summed E-state index contributed by atoms with van der Waals surface area (Å²) in [5.41, 5.74) is 0.872. The summed E-state index contributed by atoms with van der Waals surface area (Å²) in [5.74, 6) is 1.20. The molecule has 0 spiro atoms. The van der Waals surface area contributed by atoms with Gasteiger partial charge in [0.05, 0.1) is 6.04 Å². The van der Waals surface area contributed by atoms with E-state index in [0.29, 0.717) is 0 Å². The first kappa shape index (κ1) is 11.3. The van der Waals surface area contributed by atoms with Gasteiger partial charge in [-0.2, -0.15) is 0 Å². The Hall–Kier alpha value is -1.77. The Morgan fingerprint density at radius 2 is 2.17 bits per heavy atom. The maximum atomic E-state index is 11.9. The van der Waals surface area contributed by atoms with E-state index in [9.17, 15) is 4.79 Å². The molecule has 1 amide bonds. The van der Waals surface area contributed by atoms with Gasteiger partial charge in [-0.15, -0.1) is 0 Å². The minimum absolute atomic E-state index is 0.0644. The van der Waals surface area contributed by atoms with Crippen molar-refractivity contribution in [2.75, 3.05) is 0 Å². The van der Waals surface area contributed by atoms with Gasteiger partial charge < -0.3 is 9.73 Å². The van der Waals surface area contributed by atoms with Crippen molar-refractivity contribution in [2.24, 2.45) is 5.92 Å². The molecule has 1 heterocycles. The third kappa shape index (κ3) is 2.01. The van der Waals surface area contributed by atoms with Crippen LogP contribution in [0.3, 0.4) is 0 Å². The zero-order valence-electron chi connectivity index (χ0n) is 10.5. The van der Waals surface area contributed by atoms with Crippen LogP contribution in [0.4, 0.5) is 0 Å². The molecular formula is C15H17NO2. The summed E-state index contributed by atoms with van der Waals surface area (Å²) < 4.78 is 5.75. The van der Waals surface area contributed by atoms with Crippen LogP contribution in [0.15, 0.2) is 34.7 Å². The first-order valence-electron chi connectivity index (χ1n) is 6.53. The number of hydrogen-bond acceptors (Lipinski definition) is 2. The SMILES string of the molecule is C[C@@H](NC(=O)C1CCC1)c1cc2ccccc2o1. The number of hydrogen-bond donors (Lipinski definition) is 1. The Kier molecular flexibility index (Phi) is 2.82. The lowest BCUT2D eigenvalue weighted by atomic mass is 9.84. The number of benzene rings is 1. The predicted octanol–water partition coefficient (Wildman–Crippen LogP) is 3.41. The largest absolute Gasteiger partial charge is 0.459 e. The zero-order chi connectivity index (χ0) is 12.5. The van der Waals surface area contributed by atoms with Crippen LogP contribution in [0.25, 0.3) is 11.0 Å². The van der Waals surface area contributed by atoms with Gasteiger partial charge in [-0.3, -0.25) is 4.79 Å². The normalized spacial score (nSPS) is 17.4. The molecule has 2 aromatic rings. The number of carbonyl (C=O) groups is 1. The average molecular weight is 243 g/mol. The summed E-state index contributed by atoms with van der Waals surface area (Å²) in [7, 11) is 0. The highest BCUT2D eigenvalue weighted by Crippen LogP contribution is 2.28. The van der Waals surface area contributed by atoms with E-state index in [-0.39, 0.29) is 17.9 Å². The first-order chi connectivity index (χ1) is 8.74. The summed E-state index contributed by atoms with van der Waals surface area (Å²) >= 11 is 0. The van der Waals surface area contributed by atoms with Crippen molar-refractivity contribution in [3.05, 3.63) is 36.1 Å². The quantitative estimate of drug-likeness (QED) is 0.897. The summed E-state index contributed by atoms with van der Waals surface area (Å²) in [5, 5.41) is 4.11. The van der Waals surface area contributed by atoms with Crippen LogP contribution in [0.1, 0.15) is 38.0 Å². The molecule has 0 bridgehead atoms. The van der Waals surface area contributed by atoms with Crippen molar-refractivity contribution >= 4 is 16.9 Å². The summed E-state index contributed by atoms with van der Waals surface area (Å²) in [6, 6.07) is 9.83. The molecule has 0 aliphatic heterocycles. The molecule has 3 heteroatoms. The van der Waals surface area contributed by atoms with Crippen LogP contribution in [0.2, 0.25) is 0 Å². The van der Waals surface area contributed by atoms with Gasteiger partial charge in [0.1, 0.15) is 11.3 Å². The highest BCUT2D eigenvalue weighted by molar-refractivity contribution is 5.80. The standard InChI is InChI=1S/C15H17NO2/c1-10(16-15(17)11-6-4-7-11)14-9-12-5-2-3-8-13(12)18-14/h2-3,5,8-11H,4,6-7H2,1H3,(H,16,17)/t10-/m1/s1. The predicted molar refractivity (Wildman–Crippen MR) is 70.1 cm³/mol.